The van der Waals surface area contributed by atoms with Gasteiger partial charge in [-0.1, -0.05) is 6.07 Å². The van der Waals surface area contributed by atoms with E-state index < -0.39 is 11.2 Å². The highest BCUT2D eigenvalue weighted by Gasteiger charge is 2.14. The van der Waals surface area contributed by atoms with E-state index in [0.29, 0.717) is 30.0 Å². The highest BCUT2D eigenvalue weighted by molar-refractivity contribution is 5.75. The Morgan fingerprint density at radius 3 is 2.79 bits per heavy atom. The molecule has 0 aliphatic rings. The number of amides is 1. The Labute approximate surface area is 164 Å². The van der Waals surface area contributed by atoms with Gasteiger partial charge in [-0.15, -0.1) is 10.2 Å². The van der Waals surface area contributed by atoms with Crippen molar-refractivity contribution in [2.45, 2.75) is 25.9 Å². The summed E-state index contributed by atoms with van der Waals surface area (Å²) >= 11 is 0. The van der Waals surface area contributed by atoms with Crippen LogP contribution in [0.25, 0.3) is 16.8 Å². The monoisotopic (exact) mass is 396 g/mol. The summed E-state index contributed by atoms with van der Waals surface area (Å²) in [5.74, 6) is 0.529. The van der Waals surface area contributed by atoms with Crippen LogP contribution in [-0.2, 0) is 32.0 Å². The van der Waals surface area contributed by atoms with Gasteiger partial charge in [-0.25, -0.2) is 9.78 Å². The molecular formula is C18H20N8O3. The molecule has 0 bridgehead atoms. The van der Waals surface area contributed by atoms with E-state index in [2.05, 4.69) is 20.5 Å². The van der Waals surface area contributed by atoms with Gasteiger partial charge < -0.3 is 9.88 Å². The highest BCUT2D eigenvalue weighted by Crippen LogP contribution is 2.07. The number of aromatic nitrogens is 7. The third-order valence-corrected chi connectivity index (χ3v) is 4.85. The van der Waals surface area contributed by atoms with Crippen LogP contribution in [0.15, 0.2) is 40.3 Å². The zero-order valence-corrected chi connectivity index (χ0v) is 16.1. The summed E-state index contributed by atoms with van der Waals surface area (Å²) < 4.78 is 5.88. The lowest BCUT2D eigenvalue weighted by molar-refractivity contribution is -0.121. The van der Waals surface area contributed by atoms with E-state index in [1.54, 1.807) is 11.6 Å². The fourth-order valence-electron chi connectivity index (χ4n) is 3.25. The Morgan fingerprint density at radius 1 is 1.14 bits per heavy atom. The van der Waals surface area contributed by atoms with Gasteiger partial charge in [-0.2, -0.15) is 0 Å². The molecule has 4 heterocycles. The van der Waals surface area contributed by atoms with Crippen molar-refractivity contribution in [2.24, 2.45) is 14.1 Å². The molecule has 0 fully saturated rings. The topological polar surface area (TPSA) is 121 Å². The summed E-state index contributed by atoms with van der Waals surface area (Å²) in [6, 6.07) is 5.59. The maximum absolute atomic E-state index is 12.4. The Morgan fingerprint density at radius 2 is 1.97 bits per heavy atom. The van der Waals surface area contributed by atoms with Gasteiger partial charge in [0.1, 0.15) is 0 Å². The van der Waals surface area contributed by atoms with E-state index in [1.807, 2.05) is 28.8 Å². The molecule has 4 aromatic rings. The van der Waals surface area contributed by atoms with Crippen molar-refractivity contribution in [3.8, 4) is 0 Å². The Kier molecular flexibility index (Phi) is 4.71. The summed E-state index contributed by atoms with van der Waals surface area (Å²) in [6.45, 7) is 0.714. The van der Waals surface area contributed by atoms with Crippen LogP contribution in [0.4, 0.5) is 0 Å². The minimum Gasteiger partial charge on any atom is -0.349 e. The van der Waals surface area contributed by atoms with Crippen molar-refractivity contribution in [2.75, 3.05) is 0 Å². The second kappa shape index (κ2) is 7.34. The van der Waals surface area contributed by atoms with Crippen LogP contribution in [0, 0.1) is 0 Å². The summed E-state index contributed by atoms with van der Waals surface area (Å²) in [6.07, 6.45) is 4.16. The molecule has 11 heteroatoms. The average molecular weight is 396 g/mol. The van der Waals surface area contributed by atoms with Crippen molar-refractivity contribution in [1.82, 2.24) is 38.6 Å². The number of fused-ring (bicyclic) bond motifs is 2. The molecule has 1 N–H and O–H groups in total. The maximum Gasteiger partial charge on any atom is 0.332 e. The van der Waals surface area contributed by atoms with Gasteiger partial charge in [-0.3, -0.25) is 23.1 Å². The molecule has 0 aromatic carbocycles. The molecule has 1 amide bonds. The Hall–Kier alpha value is -3.76. The van der Waals surface area contributed by atoms with Crippen molar-refractivity contribution in [1.29, 1.82) is 0 Å². The maximum atomic E-state index is 12.4. The molecule has 0 radical (unpaired) electrons. The van der Waals surface area contributed by atoms with Gasteiger partial charge in [0.2, 0.25) is 5.91 Å². The molecular weight excluding hydrogens is 376 g/mol. The first kappa shape index (κ1) is 18.6. The minimum atomic E-state index is -0.423. The molecule has 0 spiro atoms. The highest BCUT2D eigenvalue weighted by atomic mass is 16.2. The number of nitrogens with zero attached hydrogens (tertiary/aromatic N) is 7. The van der Waals surface area contributed by atoms with Crippen molar-refractivity contribution in [3.05, 3.63) is 57.4 Å². The number of carbonyl (C=O) groups excluding carboxylic acids is 1. The molecule has 4 rings (SSSR count). The average Bonchev–Trinajstić information content (AvgIpc) is 3.33. The molecule has 0 saturated carbocycles. The summed E-state index contributed by atoms with van der Waals surface area (Å²) in [7, 11) is 3.01. The molecule has 150 valence electrons. The van der Waals surface area contributed by atoms with E-state index in [-0.39, 0.29) is 18.9 Å². The second-order valence-corrected chi connectivity index (χ2v) is 6.74. The van der Waals surface area contributed by atoms with E-state index in [4.69, 9.17) is 0 Å². The lowest BCUT2D eigenvalue weighted by Gasteiger charge is -2.07. The molecule has 0 aliphatic heterocycles. The number of nitrogens with one attached hydrogen (secondary N) is 1. The largest absolute Gasteiger partial charge is 0.349 e. The third kappa shape index (κ3) is 3.30. The smallest absolute Gasteiger partial charge is 0.332 e. The van der Waals surface area contributed by atoms with Gasteiger partial charge in [0.05, 0.1) is 12.9 Å². The van der Waals surface area contributed by atoms with Crippen LogP contribution in [0.2, 0.25) is 0 Å². The van der Waals surface area contributed by atoms with Gasteiger partial charge >= 0.3 is 5.69 Å². The van der Waals surface area contributed by atoms with Gasteiger partial charge in [-0.05, 0) is 18.6 Å². The number of pyridine rings is 1. The van der Waals surface area contributed by atoms with Crippen LogP contribution >= 0.6 is 0 Å². The predicted octanol–water partition coefficient (Wildman–Crippen LogP) is -0.427. The minimum absolute atomic E-state index is 0.123. The third-order valence-electron chi connectivity index (χ3n) is 4.85. The first-order valence-electron chi connectivity index (χ1n) is 9.13. The first-order chi connectivity index (χ1) is 14.0. The van der Waals surface area contributed by atoms with E-state index >= 15 is 0 Å². The van der Waals surface area contributed by atoms with E-state index in [1.165, 1.54) is 17.9 Å². The van der Waals surface area contributed by atoms with Gasteiger partial charge in [0, 0.05) is 33.3 Å². The second-order valence-electron chi connectivity index (χ2n) is 6.74. The predicted molar refractivity (Wildman–Crippen MR) is 104 cm³/mol. The van der Waals surface area contributed by atoms with Gasteiger partial charge in [0.15, 0.2) is 22.6 Å². The molecule has 4 aromatic heterocycles. The van der Waals surface area contributed by atoms with Crippen LogP contribution in [0.5, 0.6) is 0 Å². The summed E-state index contributed by atoms with van der Waals surface area (Å²) in [4.78, 5) is 40.7. The molecule has 11 nitrogen and oxygen atoms in total. The Bertz CT molecular complexity index is 1330. The number of rotatable bonds is 6. The zero-order chi connectivity index (χ0) is 20.5. The number of imidazole rings is 1. The summed E-state index contributed by atoms with van der Waals surface area (Å²) in [5.41, 5.74) is 0.586. The normalized spacial score (nSPS) is 11.4. The quantitative estimate of drug-likeness (QED) is 0.472. The van der Waals surface area contributed by atoms with Crippen LogP contribution in [0.3, 0.4) is 0 Å². The fourth-order valence-corrected chi connectivity index (χ4v) is 3.25. The van der Waals surface area contributed by atoms with Crippen LogP contribution in [0.1, 0.15) is 18.7 Å². The Balaban J connectivity index is 1.38. The fraction of sp³-hybridized carbons (Fsp3) is 0.333. The van der Waals surface area contributed by atoms with Crippen molar-refractivity contribution in [3.63, 3.8) is 0 Å². The number of aryl methyl sites for hydroxylation is 2. The first-order valence-corrected chi connectivity index (χ1v) is 9.13. The standard InChI is InChI=1S/C18H20N8O3/c1-23-16-15(17(28)24(2)18(23)29)25(11-20-16)8-5-7-14(27)19-10-13-22-21-12-6-3-4-9-26(12)13/h3-4,6,9,11H,5,7-8,10H2,1-2H3,(H,19,27). The van der Waals surface area contributed by atoms with E-state index in [9.17, 15) is 14.4 Å². The number of hydrogen-bond acceptors (Lipinski definition) is 6. The zero-order valence-electron chi connectivity index (χ0n) is 16.1. The summed E-state index contributed by atoms with van der Waals surface area (Å²) in [5, 5.41) is 11.0. The molecule has 0 unspecified atom stereocenters. The molecule has 0 saturated heterocycles. The SMILES string of the molecule is Cn1c(=O)c2c(ncn2CCCC(=O)NCc2nnc3ccccn23)n(C)c1=O. The van der Waals surface area contributed by atoms with Gasteiger partial charge in [0.25, 0.3) is 5.56 Å². The van der Waals surface area contributed by atoms with E-state index in [0.717, 1.165) is 10.2 Å². The van der Waals surface area contributed by atoms with Crippen LogP contribution < -0.4 is 16.6 Å². The van der Waals surface area contributed by atoms with Crippen molar-refractivity contribution >= 4 is 22.7 Å². The van der Waals surface area contributed by atoms with Crippen molar-refractivity contribution < 1.29 is 4.79 Å². The molecule has 29 heavy (non-hydrogen) atoms. The van der Waals surface area contributed by atoms with Crippen LogP contribution in [-0.4, -0.2) is 39.2 Å². The molecule has 0 aliphatic carbocycles. The number of hydrogen-bond donors (Lipinski definition) is 1. The lowest BCUT2D eigenvalue weighted by Crippen LogP contribution is -2.37. The number of carbonyl (C=O) groups is 1. The molecule has 0 atom stereocenters. The lowest BCUT2D eigenvalue weighted by atomic mass is 10.3.